The number of rotatable bonds is 8. The number of carbonyl (C=O) groups excluding carboxylic acids is 1. The highest BCUT2D eigenvalue weighted by atomic mass is 16.4. The van der Waals surface area contributed by atoms with Gasteiger partial charge in [-0.2, -0.15) is 0 Å². The van der Waals surface area contributed by atoms with Gasteiger partial charge in [0.2, 0.25) is 0 Å². The first-order chi connectivity index (χ1) is 17.4. The maximum Gasteiger partial charge on any atom is 0.310 e. The van der Waals surface area contributed by atoms with Crippen LogP contribution in [-0.4, -0.2) is 77.4 Å². The highest BCUT2D eigenvalue weighted by Gasteiger charge is 2.19. The van der Waals surface area contributed by atoms with Gasteiger partial charge in [-0.25, -0.2) is 0 Å². The summed E-state index contributed by atoms with van der Waals surface area (Å²) in [6.45, 7) is 5.84. The monoisotopic (exact) mass is 490 g/mol. The lowest BCUT2D eigenvalue weighted by Gasteiger charge is -2.36. The third-order valence-electron chi connectivity index (χ3n) is 6.23. The Hall–Kier alpha value is -3.52. The molecule has 0 unspecified atom stereocenters. The van der Waals surface area contributed by atoms with Crippen molar-refractivity contribution >= 4 is 17.4 Å². The summed E-state index contributed by atoms with van der Waals surface area (Å²) in [4.78, 5) is 27.8. The van der Waals surface area contributed by atoms with Crippen LogP contribution in [0.2, 0.25) is 0 Å². The molecule has 0 radical (unpaired) electrons. The molecule has 3 aromatic rings. The van der Waals surface area contributed by atoms with Gasteiger partial charge in [-0.1, -0.05) is 66.7 Å². The summed E-state index contributed by atoms with van der Waals surface area (Å²) < 4.78 is 0. The van der Waals surface area contributed by atoms with Crippen molar-refractivity contribution in [3.05, 3.63) is 102 Å². The lowest BCUT2D eigenvalue weighted by atomic mass is 9.96. The van der Waals surface area contributed by atoms with E-state index >= 15 is 0 Å². The second-order valence-electron chi connectivity index (χ2n) is 8.84. The van der Waals surface area contributed by atoms with Crippen LogP contribution in [0.5, 0.6) is 0 Å². The van der Waals surface area contributed by atoms with Crippen LogP contribution in [0.25, 0.3) is 0 Å². The molecule has 2 atom stereocenters. The molecule has 0 spiro atoms. The number of benzene rings is 3. The van der Waals surface area contributed by atoms with E-state index in [4.69, 9.17) is 10.2 Å². The number of hydrogen-bond acceptors (Lipinski definition) is 6. The Kier molecular flexibility index (Phi) is 10.2. The van der Waals surface area contributed by atoms with Crippen molar-refractivity contribution in [2.24, 2.45) is 0 Å². The summed E-state index contributed by atoms with van der Waals surface area (Å²) >= 11 is 0. The fraction of sp³-hybridized carbons (Fsp3) is 0.310. The number of carboxylic acids is 1. The minimum Gasteiger partial charge on any atom is -0.481 e. The number of hydrogen-bond donors (Lipinski definition) is 3. The van der Waals surface area contributed by atoms with Crippen LogP contribution in [-0.2, 0) is 4.79 Å². The number of piperazine rings is 1. The van der Waals surface area contributed by atoms with Crippen LogP contribution in [0.15, 0.2) is 84.9 Å². The minimum atomic E-state index is -0.899. The molecular formula is C29H34N2O5. The van der Waals surface area contributed by atoms with Crippen molar-refractivity contribution in [3.63, 3.8) is 0 Å². The molecule has 7 nitrogen and oxygen atoms in total. The highest BCUT2D eigenvalue weighted by Crippen LogP contribution is 2.19. The summed E-state index contributed by atoms with van der Waals surface area (Å²) in [5.41, 5.74) is 3.00. The molecule has 36 heavy (non-hydrogen) atoms. The number of carboxylic acid groups (broad SMARTS) is 1. The van der Waals surface area contributed by atoms with E-state index in [1.54, 1.807) is 55.5 Å². The number of para-hydroxylation sites is 1. The molecule has 1 aliphatic rings. The van der Waals surface area contributed by atoms with Gasteiger partial charge in [-0.3, -0.25) is 14.5 Å². The molecule has 0 aromatic heterocycles. The Morgan fingerprint density at radius 1 is 0.833 bits per heavy atom. The van der Waals surface area contributed by atoms with Gasteiger partial charge >= 0.3 is 5.97 Å². The first kappa shape index (κ1) is 27.1. The Bertz CT molecular complexity index is 1100. The standard InChI is InChI=1S/C16H14O3.C13H20N2O2/c1-11(16(18)19)13-8-5-9-14(10-13)15(17)12-6-3-2-4-7-12;16-11-13(17)10-14-6-8-15(9-7-14)12-4-2-1-3-5-12/h2-11H,1H3,(H,18,19);1-5,13,16-17H,6-11H2/t11-;13-/m10/s1. The van der Waals surface area contributed by atoms with Gasteiger partial charge in [0, 0.05) is 49.5 Å². The van der Waals surface area contributed by atoms with Crippen molar-refractivity contribution in [2.75, 3.05) is 44.2 Å². The first-order valence-electron chi connectivity index (χ1n) is 12.1. The number of β-amino-alcohol motifs (C(OH)–C–C–N with tert-alkyl or cyclic N) is 1. The summed E-state index contributed by atoms with van der Waals surface area (Å²) in [7, 11) is 0. The van der Waals surface area contributed by atoms with Crippen molar-refractivity contribution in [2.45, 2.75) is 18.9 Å². The van der Waals surface area contributed by atoms with Gasteiger partial charge in [0.25, 0.3) is 0 Å². The molecule has 7 heteroatoms. The predicted molar refractivity (Wildman–Crippen MR) is 141 cm³/mol. The number of anilines is 1. The number of ketones is 1. The van der Waals surface area contributed by atoms with E-state index in [2.05, 4.69) is 34.1 Å². The smallest absolute Gasteiger partial charge is 0.310 e. The van der Waals surface area contributed by atoms with E-state index in [-0.39, 0.29) is 12.4 Å². The minimum absolute atomic E-state index is 0.0972. The van der Waals surface area contributed by atoms with Crippen LogP contribution in [0.4, 0.5) is 5.69 Å². The van der Waals surface area contributed by atoms with Crippen LogP contribution in [0.3, 0.4) is 0 Å². The summed E-state index contributed by atoms with van der Waals surface area (Å²) in [5, 5.41) is 27.2. The van der Waals surface area contributed by atoms with Crippen molar-refractivity contribution in [1.82, 2.24) is 4.90 Å². The van der Waals surface area contributed by atoms with E-state index < -0.39 is 18.0 Å². The van der Waals surface area contributed by atoms with Gasteiger partial charge in [0.1, 0.15) is 0 Å². The molecule has 3 N–H and O–H groups in total. The number of carbonyl (C=O) groups is 2. The third kappa shape index (κ3) is 7.75. The second-order valence-corrected chi connectivity index (χ2v) is 8.84. The van der Waals surface area contributed by atoms with E-state index in [9.17, 15) is 14.7 Å². The molecule has 4 rings (SSSR count). The molecular weight excluding hydrogens is 456 g/mol. The zero-order valence-electron chi connectivity index (χ0n) is 20.5. The van der Waals surface area contributed by atoms with Crippen molar-refractivity contribution in [1.29, 1.82) is 0 Å². The number of aliphatic hydroxyl groups is 2. The maximum absolute atomic E-state index is 12.2. The van der Waals surface area contributed by atoms with Crippen molar-refractivity contribution in [3.8, 4) is 0 Å². The Balaban J connectivity index is 0.000000202. The normalized spacial score (nSPS) is 15.4. The molecule has 0 aliphatic carbocycles. The first-order valence-corrected chi connectivity index (χ1v) is 12.1. The Morgan fingerprint density at radius 3 is 2.00 bits per heavy atom. The summed E-state index contributed by atoms with van der Waals surface area (Å²) in [6, 6.07) is 26.1. The summed E-state index contributed by atoms with van der Waals surface area (Å²) in [6.07, 6.45) is -0.613. The number of aliphatic carboxylic acids is 1. The van der Waals surface area contributed by atoms with Gasteiger partial charge in [-0.05, 0) is 30.7 Å². The molecule has 1 fully saturated rings. The lowest BCUT2D eigenvalue weighted by molar-refractivity contribution is -0.138. The van der Waals surface area contributed by atoms with Gasteiger partial charge in [0.15, 0.2) is 5.78 Å². The SMILES string of the molecule is C[C@@H](C(=O)O)c1cccc(C(=O)c2ccccc2)c1.OC[C@@H](O)CN1CCN(c2ccccc2)CC1. The Labute approximate surface area is 212 Å². The van der Waals surface area contributed by atoms with E-state index in [1.807, 2.05) is 12.1 Å². The average Bonchev–Trinajstić information content (AvgIpc) is 2.94. The van der Waals surface area contributed by atoms with Crippen LogP contribution >= 0.6 is 0 Å². The molecule has 1 saturated heterocycles. The van der Waals surface area contributed by atoms with Gasteiger partial charge in [-0.15, -0.1) is 0 Å². The predicted octanol–water partition coefficient (Wildman–Crippen LogP) is 3.27. The van der Waals surface area contributed by atoms with E-state index in [0.29, 0.717) is 23.2 Å². The maximum atomic E-state index is 12.2. The Morgan fingerprint density at radius 2 is 1.42 bits per heavy atom. The zero-order chi connectivity index (χ0) is 25.9. The molecule has 0 bridgehead atoms. The molecule has 0 amide bonds. The highest BCUT2D eigenvalue weighted by molar-refractivity contribution is 6.09. The van der Waals surface area contributed by atoms with Crippen molar-refractivity contribution < 1.29 is 24.9 Å². The fourth-order valence-corrected chi connectivity index (χ4v) is 4.03. The van der Waals surface area contributed by atoms with Gasteiger partial charge < -0.3 is 20.2 Å². The largest absolute Gasteiger partial charge is 0.481 e. The molecule has 1 aliphatic heterocycles. The topological polar surface area (TPSA) is 101 Å². The van der Waals surface area contributed by atoms with E-state index in [1.165, 1.54) is 5.69 Å². The molecule has 0 saturated carbocycles. The molecule has 1 heterocycles. The quantitative estimate of drug-likeness (QED) is 0.417. The summed E-state index contributed by atoms with van der Waals surface area (Å²) in [5.74, 6) is -1.62. The zero-order valence-corrected chi connectivity index (χ0v) is 20.5. The average molecular weight is 491 g/mol. The second kappa shape index (κ2) is 13.5. The van der Waals surface area contributed by atoms with Crippen LogP contribution in [0.1, 0.15) is 34.3 Å². The third-order valence-corrected chi connectivity index (χ3v) is 6.23. The fourth-order valence-electron chi connectivity index (χ4n) is 4.03. The lowest BCUT2D eigenvalue weighted by Crippen LogP contribution is -2.49. The van der Waals surface area contributed by atoms with Gasteiger partial charge in [0.05, 0.1) is 18.6 Å². The van der Waals surface area contributed by atoms with E-state index in [0.717, 1.165) is 26.2 Å². The number of aliphatic hydroxyl groups excluding tert-OH is 2. The van der Waals surface area contributed by atoms with Crippen LogP contribution < -0.4 is 4.90 Å². The van der Waals surface area contributed by atoms with Crippen LogP contribution in [0, 0.1) is 0 Å². The number of nitrogens with zero attached hydrogens (tertiary/aromatic N) is 2. The molecule has 190 valence electrons. The molecule has 3 aromatic carbocycles.